The van der Waals surface area contributed by atoms with E-state index in [0.717, 1.165) is 12.1 Å². The van der Waals surface area contributed by atoms with Crippen LogP contribution in [0.2, 0.25) is 0 Å². The highest BCUT2D eigenvalue weighted by Gasteiger charge is 2.30. The Morgan fingerprint density at radius 3 is 2.35 bits per heavy atom. The molecule has 1 atom stereocenters. The summed E-state index contributed by atoms with van der Waals surface area (Å²) in [5, 5.41) is 9.31. The minimum atomic E-state index is -4.48. The van der Waals surface area contributed by atoms with E-state index in [4.69, 9.17) is 4.42 Å². The van der Waals surface area contributed by atoms with Gasteiger partial charge in [-0.1, -0.05) is 12.1 Å². The van der Waals surface area contributed by atoms with E-state index in [0.29, 0.717) is 11.4 Å². The predicted molar refractivity (Wildman–Crippen MR) is 117 cm³/mol. The van der Waals surface area contributed by atoms with Gasteiger partial charge in [0.2, 0.25) is 5.91 Å². The summed E-state index contributed by atoms with van der Waals surface area (Å²) in [5.74, 6) is -0.794. The number of nitrogens with one attached hydrogen (secondary N) is 2. The molecule has 8 nitrogen and oxygen atoms in total. The van der Waals surface area contributed by atoms with Gasteiger partial charge < -0.3 is 15.1 Å². The number of aromatic nitrogens is 3. The summed E-state index contributed by atoms with van der Waals surface area (Å²) in [6, 6.07) is 13.3. The molecule has 2 heterocycles. The second kappa shape index (κ2) is 9.22. The number of benzene rings is 2. The number of halogens is 3. The molecule has 0 bridgehead atoms. The number of rotatable bonds is 6. The van der Waals surface area contributed by atoms with Gasteiger partial charge in [-0.2, -0.15) is 18.3 Å². The number of hydrogen-bond donors (Lipinski definition) is 2. The van der Waals surface area contributed by atoms with Crippen LogP contribution in [0.15, 0.2) is 77.7 Å². The lowest BCUT2D eigenvalue weighted by Crippen LogP contribution is -2.24. The molecule has 4 rings (SSSR count). The van der Waals surface area contributed by atoms with Gasteiger partial charge >= 0.3 is 6.18 Å². The van der Waals surface area contributed by atoms with Crippen LogP contribution in [0.4, 0.5) is 24.5 Å². The Balaban J connectivity index is 1.39. The monoisotopic (exact) mass is 469 g/mol. The molecule has 4 aromatic rings. The molecular weight excluding hydrogens is 451 g/mol. The summed E-state index contributed by atoms with van der Waals surface area (Å²) < 4.78 is 45.7. The SMILES string of the molecule is CC(C(=O)Nc1ccc(NC(=O)c2ccc(-c3cccc(C(F)(F)F)c3)o2)cc1)n1cncn1. The van der Waals surface area contributed by atoms with Crippen LogP contribution in [-0.4, -0.2) is 26.6 Å². The second-order valence-corrected chi connectivity index (χ2v) is 7.31. The van der Waals surface area contributed by atoms with Gasteiger partial charge in [0, 0.05) is 16.9 Å². The summed E-state index contributed by atoms with van der Waals surface area (Å²) >= 11 is 0. The summed E-state index contributed by atoms with van der Waals surface area (Å²) in [5.41, 5.74) is 0.341. The van der Waals surface area contributed by atoms with E-state index in [1.165, 1.54) is 41.6 Å². The van der Waals surface area contributed by atoms with Crippen LogP contribution in [0.25, 0.3) is 11.3 Å². The van der Waals surface area contributed by atoms with Crippen molar-refractivity contribution in [3.8, 4) is 11.3 Å². The fraction of sp³-hybridized carbons (Fsp3) is 0.130. The number of nitrogens with zero attached hydrogens (tertiary/aromatic N) is 3. The standard InChI is InChI=1S/C23H18F3N5O3/c1-14(31-13-27-12-28-31)21(32)29-17-5-7-18(8-6-17)30-22(33)20-10-9-19(34-20)15-3-2-4-16(11-15)23(24,25)26/h2-14H,1H3,(H,29,32)(H,30,33). The predicted octanol–water partition coefficient (Wildman–Crippen LogP) is 5.01. The van der Waals surface area contributed by atoms with Crippen LogP contribution in [0.1, 0.15) is 29.1 Å². The first kappa shape index (κ1) is 22.8. The topological polar surface area (TPSA) is 102 Å². The maximum absolute atomic E-state index is 12.9. The zero-order valence-electron chi connectivity index (χ0n) is 17.7. The van der Waals surface area contributed by atoms with E-state index in [1.807, 2.05) is 0 Å². The molecule has 0 saturated heterocycles. The van der Waals surface area contributed by atoms with E-state index in [-0.39, 0.29) is 23.0 Å². The Bertz CT molecular complexity index is 1300. The average Bonchev–Trinajstić information content (AvgIpc) is 3.52. The Morgan fingerprint density at radius 2 is 1.71 bits per heavy atom. The lowest BCUT2D eigenvalue weighted by molar-refractivity contribution is -0.137. The van der Waals surface area contributed by atoms with E-state index >= 15 is 0 Å². The number of alkyl halides is 3. The number of amides is 2. The first-order valence-electron chi connectivity index (χ1n) is 10.0. The van der Waals surface area contributed by atoms with Crippen LogP contribution >= 0.6 is 0 Å². The van der Waals surface area contributed by atoms with Crippen LogP contribution in [0, 0.1) is 0 Å². The Labute approximate surface area is 191 Å². The fourth-order valence-electron chi connectivity index (χ4n) is 3.08. The highest BCUT2D eigenvalue weighted by Crippen LogP contribution is 2.32. The largest absolute Gasteiger partial charge is 0.451 e. The van der Waals surface area contributed by atoms with Crippen LogP contribution in [-0.2, 0) is 11.0 Å². The molecule has 0 radical (unpaired) electrons. The number of carbonyl (C=O) groups is 2. The maximum atomic E-state index is 12.9. The number of carbonyl (C=O) groups excluding carboxylic acids is 2. The first-order chi connectivity index (χ1) is 16.2. The average molecular weight is 469 g/mol. The Kier molecular flexibility index (Phi) is 6.17. The normalized spacial score (nSPS) is 12.2. The molecule has 2 aromatic heterocycles. The molecule has 0 aliphatic rings. The molecule has 2 amide bonds. The highest BCUT2D eigenvalue weighted by atomic mass is 19.4. The summed E-state index contributed by atoms with van der Waals surface area (Å²) in [7, 11) is 0. The second-order valence-electron chi connectivity index (χ2n) is 7.31. The molecule has 0 saturated carbocycles. The number of furan rings is 1. The molecule has 0 aliphatic carbocycles. The van der Waals surface area contributed by atoms with E-state index in [2.05, 4.69) is 20.7 Å². The lowest BCUT2D eigenvalue weighted by atomic mass is 10.1. The molecule has 11 heteroatoms. The summed E-state index contributed by atoms with van der Waals surface area (Å²) in [4.78, 5) is 28.6. The van der Waals surface area contributed by atoms with Crippen molar-refractivity contribution < 1.29 is 27.2 Å². The van der Waals surface area contributed by atoms with Gasteiger partial charge in [0.15, 0.2) is 5.76 Å². The van der Waals surface area contributed by atoms with Gasteiger partial charge in [0.1, 0.15) is 24.5 Å². The number of hydrogen-bond acceptors (Lipinski definition) is 5. The molecule has 34 heavy (non-hydrogen) atoms. The molecular formula is C23H18F3N5O3. The van der Waals surface area contributed by atoms with E-state index in [1.54, 1.807) is 31.2 Å². The van der Waals surface area contributed by atoms with Gasteiger partial charge in [-0.3, -0.25) is 9.59 Å². The van der Waals surface area contributed by atoms with E-state index < -0.39 is 23.7 Å². The van der Waals surface area contributed by atoms with Crippen molar-refractivity contribution >= 4 is 23.2 Å². The minimum Gasteiger partial charge on any atom is -0.451 e. The van der Waals surface area contributed by atoms with Crippen molar-refractivity contribution in [2.45, 2.75) is 19.1 Å². The van der Waals surface area contributed by atoms with Crippen LogP contribution in [0.5, 0.6) is 0 Å². The quantitative estimate of drug-likeness (QED) is 0.413. The van der Waals surface area contributed by atoms with Gasteiger partial charge in [-0.15, -0.1) is 0 Å². The molecule has 0 aliphatic heterocycles. The van der Waals surface area contributed by atoms with E-state index in [9.17, 15) is 22.8 Å². The van der Waals surface area contributed by atoms with Crippen LogP contribution in [0.3, 0.4) is 0 Å². The summed E-state index contributed by atoms with van der Waals surface area (Å²) in [6.45, 7) is 1.68. The minimum absolute atomic E-state index is 0.0635. The lowest BCUT2D eigenvalue weighted by Gasteiger charge is -2.12. The Hall–Kier alpha value is -4.41. The van der Waals surface area contributed by atoms with Gasteiger partial charge in [0.25, 0.3) is 5.91 Å². The fourth-order valence-corrected chi connectivity index (χ4v) is 3.08. The van der Waals surface area contributed by atoms with Crippen molar-refractivity contribution in [3.05, 3.63) is 84.6 Å². The Morgan fingerprint density at radius 1 is 1.00 bits per heavy atom. The van der Waals surface area contributed by atoms with Crippen LogP contribution < -0.4 is 10.6 Å². The third-order valence-corrected chi connectivity index (χ3v) is 4.93. The first-order valence-corrected chi connectivity index (χ1v) is 10.0. The zero-order chi connectivity index (χ0) is 24.3. The smallest absolute Gasteiger partial charge is 0.416 e. The molecule has 2 N–H and O–H groups in total. The maximum Gasteiger partial charge on any atom is 0.416 e. The van der Waals surface area contributed by atoms with Crippen molar-refractivity contribution in [2.24, 2.45) is 0 Å². The highest BCUT2D eigenvalue weighted by molar-refractivity contribution is 6.02. The van der Waals surface area contributed by atoms with Crippen molar-refractivity contribution in [3.63, 3.8) is 0 Å². The molecule has 174 valence electrons. The molecule has 2 aromatic carbocycles. The molecule has 0 fully saturated rings. The third kappa shape index (κ3) is 5.14. The van der Waals surface area contributed by atoms with Gasteiger partial charge in [-0.25, -0.2) is 9.67 Å². The zero-order valence-corrected chi connectivity index (χ0v) is 17.7. The summed E-state index contributed by atoms with van der Waals surface area (Å²) in [6.07, 6.45) is -1.71. The van der Waals surface area contributed by atoms with Crippen molar-refractivity contribution in [2.75, 3.05) is 10.6 Å². The third-order valence-electron chi connectivity index (χ3n) is 4.93. The van der Waals surface area contributed by atoms with Crippen molar-refractivity contribution in [1.29, 1.82) is 0 Å². The molecule has 1 unspecified atom stereocenters. The van der Waals surface area contributed by atoms with Gasteiger partial charge in [-0.05, 0) is 55.5 Å². The molecule has 0 spiro atoms. The van der Waals surface area contributed by atoms with Crippen molar-refractivity contribution in [1.82, 2.24) is 14.8 Å². The number of anilines is 2. The van der Waals surface area contributed by atoms with Gasteiger partial charge in [0.05, 0.1) is 5.56 Å².